The van der Waals surface area contributed by atoms with Crippen LogP contribution in [-0.4, -0.2) is 25.5 Å². The largest absolute Gasteiger partial charge is 0.360 e. The Morgan fingerprint density at radius 2 is 2.06 bits per heavy atom. The molecule has 18 heavy (non-hydrogen) atoms. The second-order valence-electron chi connectivity index (χ2n) is 5.80. The molecule has 0 aliphatic carbocycles. The number of nitrogens with zero attached hydrogens (tertiary/aromatic N) is 1. The van der Waals surface area contributed by atoms with Crippen molar-refractivity contribution in [2.24, 2.45) is 5.73 Å². The number of carbonyl (C=O) groups is 1. The molecule has 2 rings (SSSR count). The molecule has 0 saturated carbocycles. The number of nitrogens with two attached hydrogens (primary N) is 1. The van der Waals surface area contributed by atoms with Crippen molar-refractivity contribution in [3.05, 3.63) is 23.8 Å². The molecule has 98 valence electrons. The first-order valence-corrected chi connectivity index (χ1v) is 6.23. The summed E-state index contributed by atoms with van der Waals surface area (Å²) in [6, 6.07) is 5.74. The Kier molecular flexibility index (Phi) is 3.07. The maximum Gasteiger partial charge on any atom is 0.248 e. The lowest BCUT2D eigenvalue weighted by Gasteiger charge is -2.38. The Morgan fingerprint density at radius 3 is 2.61 bits per heavy atom. The first-order valence-electron chi connectivity index (χ1n) is 6.23. The van der Waals surface area contributed by atoms with Gasteiger partial charge in [0.05, 0.1) is 11.4 Å². The van der Waals surface area contributed by atoms with Crippen LogP contribution < -0.4 is 16.0 Å². The van der Waals surface area contributed by atoms with Gasteiger partial charge in [-0.3, -0.25) is 4.79 Å². The molecule has 0 fully saturated rings. The average molecular weight is 247 g/mol. The zero-order chi connectivity index (χ0) is 13.5. The summed E-state index contributed by atoms with van der Waals surface area (Å²) in [4.78, 5) is 13.9. The van der Waals surface area contributed by atoms with Gasteiger partial charge < -0.3 is 16.0 Å². The molecule has 0 radical (unpaired) electrons. The van der Waals surface area contributed by atoms with E-state index in [1.807, 2.05) is 24.1 Å². The lowest BCUT2D eigenvalue weighted by atomic mass is 9.84. The van der Waals surface area contributed by atoms with Crippen molar-refractivity contribution in [2.75, 3.05) is 23.8 Å². The minimum atomic E-state index is -0.291. The zero-order valence-electron chi connectivity index (χ0n) is 11.4. The predicted molar refractivity (Wildman–Crippen MR) is 75.0 cm³/mol. The van der Waals surface area contributed by atoms with Gasteiger partial charge in [0.1, 0.15) is 6.04 Å². The summed E-state index contributed by atoms with van der Waals surface area (Å²) in [5.74, 6) is -0.0291. The number of nitrogens with one attached hydrogen (secondary N) is 1. The zero-order valence-corrected chi connectivity index (χ0v) is 11.4. The molecule has 1 atom stereocenters. The summed E-state index contributed by atoms with van der Waals surface area (Å²) in [6.45, 7) is 6.83. The number of benzene rings is 1. The number of para-hydroxylation sites is 1. The van der Waals surface area contributed by atoms with Gasteiger partial charge in [-0.15, -0.1) is 0 Å². The number of fused-ring (bicyclic) bond motifs is 1. The maximum absolute atomic E-state index is 11.9. The topological polar surface area (TPSA) is 58.4 Å². The van der Waals surface area contributed by atoms with E-state index in [0.29, 0.717) is 6.54 Å². The third kappa shape index (κ3) is 1.97. The number of rotatable bonds is 1. The van der Waals surface area contributed by atoms with Gasteiger partial charge in [-0.2, -0.15) is 0 Å². The minimum absolute atomic E-state index is 0.0286. The van der Waals surface area contributed by atoms with E-state index in [9.17, 15) is 4.79 Å². The number of hydrogen-bond donors (Lipinski definition) is 2. The Bertz CT molecular complexity index is 476. The van der Waals surface area contributed by atoms with Crippen LogP contribution in [0.3, 0.4) is 0 Å². The summed E-state index contributed by atoms with van der Waals surface area (Å²) in [5.41, 5.74) is 8.91. The molecule has 1 aliphatic rings. The van der Waals surface area contributed by atoms with Gasteiger partial charge in [-0.1, -0.05) is 32.9 Å². The van der Waals surface area contributed by atoms with Crippen molar-refractivity contribution in [3.8, 4) is 0 Å². The van der Waals surface area contributed by atoms with Crippen LogP contribution in [0.5, 0.6) is 0 Å². The Balaban J connectivity index is 2.59. The van der Waals surface area contributed by atoms with Gasteiger partial charge in [0, 0.05) is 13.6 Å². The summed E-state index contributed by atoms with van der Waals surface area (Å²) >= 11 is 0. The van der Waals surface area contributed by atoms with Gasteiger partial charge in [-0.05, 0) is 17.0 Å². The van der Waals surface area contributed by atoms with Crippen LogP contribution in [0.2, 0.25) is 0 Å². The summed E-state index contributed by atoms with van der Waals surface area (Å²) < 4.78 is 0. The molecule has 1 aliphatic heterocycles. The summed E-state index contributed by atoms with van der Waals surface area (Å²) in [5, 5.41) is 2.94. The number of anilines is 2. The molecule has 0 saturated heterocycles. The molecular formula is C14H21N3O. The predicted octanol–water partition coefficient (Wildman–Crippen LogP) is 1.70. The van der Waals surface area contributed by atoms with E-state index in [0.717, 1.165) is 11.4 Å². The average Bonchev–Trinajstić information content (AvgIpc) is 2.27. The lowest BCUT2D eigenvalue weighted by molar-refractivity contribution is -0.117. The standard InChI is InChI=1S/C14H21N3O/c1-14(2,3)9-6-5-7-10-12(9)17(4)11(8-15)13(18)16-10/h5-7,11H,8,15H2,1-4H3,(H,16,18). The fourth-order valence-corrected chi connectivity index (χ4v) is 2.44. The number of hydrogen-bond acceptors (Lipinski definition) is 3. The minimum Gasteiger partial charge on any atom is -0.360 e. The van der Waals surface area contributed by atoms with Crippen molar-refractivity contribution in [3.63, 3.8) is 0 Å². The van der Waals surface area contributed by atoms with Gasteiger partial charge in [0.15, 0.2) is 0 Å². The molecule has 0 bridgehead atoms. The molecular weight excluding hydrogens is 226 g/mol. The van der Waals surface area contributed by atoms with Crippen molar-refractivity contribution in [1.29, 1.82) is 0 Å². The van der Waals surface area contributed by atoms with Crippen molar-refractivity contribution < 1.29 is 4.79 Å². The molecule has 3 N–H and O–H groups in total. The molecule has 1 amide bonds. The fraction of sp³-hybridized carbons (Fsp3) is 0.500. The van der Waals surface area contributed by atoms with Crippen molar-refractivity contribution in [1.82, 2.24) is 0 Å². The third-order valence-electron chi connectivity index (χ3n) is 3.45. The number of carbonyl (C=O) groups excluding carboxylic acids is 1. The SMILES string of the molecule is CN1c2c(cccc2C(C)(C)C)NC(=O)C1CN. The van der Waals surface area contributed by atoms with Crippen molar-refractivity contribution in [2.45, 2.75) is 32.2 Å². The molecule has 1 aromatic carbocycles. The normalized spacial score (nSPS) is 19.5. The third-order valence-corrected chi connectivity index (χ3v) is 3.45. The van der Waals surface area contributed by atoms with Gasteiger partial charge in [0.25, 0.3) is 0 Å². The maximum atomic E-state index is 11.9. The molecule has 4 nitrogen and oxygen atoms in total. The fourth-order valence-electron chi connectivity index (χ4n) is 2.44. The van der Waals surface area contributed by atoms with Gasteiger partial charge in [-0.25, -0.2) is 0 Å². The molecule has 1 aromatic rings. The van der Waals surface area contributed by atoms with Crippen LogP contribution in [0.4, 0.5) is 11.4 Å². The van der Waals surface area contributed by atoms with E-state index in [1.165, 1.54) is 5.56 Å². The van der Waals surface area contributed by atoms with Crippen LogP contribution in [0.15, 0.2) is 18.2 Å². The lowest BCUT2D eigenvalue weighted by Crippen LogP contribution is -2.50. The van der Waals surface area contributed by atoms with Crippen LogP contribution in [0, 0.1) is 0 Å². The smallest absolute Gasteiger partial charge is 0.248 e. The van der Waals surface area contributed by atoms with E-state index in [4.69, 9.17) is 5.73 Å². The molecule has 0 aromatic heterocycles. The van der Waals surface area contributed by atoms with Crippen LogP contribution in [0.25, 0.3) is 0 Å². The highest BCUT2D eigenvalue weighted by molar-refractivity contribution is 6.04. The highest BCUT2D eigenvalue weighted by atomic mass is 16.2. The van der Waals surface area contributed by atoms with Crippen molar-refractivity contribution >= 4 is 17.3 Å². The second-order valence-corrected chi connectivity index (χ2v) is 5.80. The molecule has 1 unspecified atom stereocenters. The molecule has 1 heterocycles. The monoisotopic (exact) mass is 247 g/mol. The number of amides is 1. The Hall–Kier alpha value is -1.55. The van der Waals surface area contributed by atoms with Crippen LogP contribution >= 0.6 is 0 Å². The first kappa shape index (κ1) is 12.9. The number of likely N-dealkylation sites (N-methyl/N-ethyl adjacent to an activating group) is 1. The Morgan fingerprint density at radius 1 is 1.39 bits per heavy atom. The van der Waals surface area contributed by atoms with Gasteiger partial charge in [0.2, 0.25) is 5.91 Å². The Labute approximate surface area is 108 Å². The summed E-state index contributed by atoms with van der Waals surface area (Å²) in [7, 11) is 1.93. The second kappa shape index (κ2) is 4.28. The highest BCUT2D eigenvalue weighted by Gasteiger charge is 2.33. The van der Waals surface area contributed by atoms with E-state index >= 15 is 0 Å². The quantitative estimate of drug-likeness (QED) is 0.794. The summed E-state index contributed by atoms with van der Waals surface area (Å²) in [6.07, 6.45) is 0. The van der Waals surface area contributed by atoms with Gasteiger partial charge >= 0.3 is 0 Å². The first-order chi connectivity index (χ1) is 8.36. The van der Waals surface area contributed by atoms with Crippen LogP contribution in [0.1, 0.15) is 26.3 Å². The van der Waals surface area contributed by atoms with E-state index in [1.54, 1.807) is 0 Å². The van der Waals surface area contributed by atoms with E-state index in [-0.39, 0.29) is 17.4 Å². The van der Waals surface area contributed by atoms with E-state index in [2.05, 4.69) is 32.2 Å². The van der Waals surface area contributed by atoms with Crippen LogP contribution in [-0.2, 0) is 10.2 Å². The molecule has 4 heteroatoms. The molecule has 0 spiro atoms. The van der Waals surface area contributed by atoms with E-state index < -0.39 is 0 Å². The highest BCUT2D eigenvalue weighted by Crippen LogP contribution is 2.39.